The van der Waals surface area contributed by atoms with Crippen molar-refractivity contribution in [2.24, 2.45) is 5.10 Å². The molecule has 0 aliphatic carbocycles. The zero-order valence-corrected chi connectivity index (χ0v) is 22.2. The van der Waals surface area contributed by atoms with Crippen LogP contribution in [-0.4, -0.2) is 39.7 Å². The molecule has 1 N–H and O–H groups in total. The number of halogens is 3. The Morgan fingerprint density at radius 2 is 1.93 bits per heavy atom. The van der Waals surface area contributed by atoms with Gasteiger partial charge in [0.05, 0.1) is 29.3 Å². The normalized spacial score (nSPS) is 12.4. The molecule has 0 bridgehead atoms. The highest BCUT2D eigenvalue weighted by Crippen LogP contribution is 2.35. The van der Waals surface area contributed by atoms with Crippen molar-refractivity contribution >= 4 is 23.1 Å². The van der Waals surface area contributed by atoms with Gasteiger partial charge in [0.1, 0.15) is 0 Å². The minimum Gasteiger partial charge on any atom is -0.490 e. The van der Waals surface area contributed by atoms with Crippen LogP contribution < -0.4 is 15.0 Å². The number of alkyl halides is 3. The fourth-order valence-electron chi connectivity index (χ4n) is 4.07. The summed E-state index contributed by atoms with van der Waals surface area (Å²) in [5, 5.41) is 13.9. The maximum Gasteiger partial charge on any atom is 0.416 e. The summed E-state index contributed by atoms with van der Waals surface area (Å²) in [6, 6.07) is 14.2. The lowest BCUT2D eigenvalue weighted by atomic mass is 10.1. The Morgan fingerprint density at radius 3 is 2.61 bits per heavy atom. The van der Waals surface area contributed by atoms with Crippen molar-refractivity contribution in [3.63, 3.8) is 0 Å². The molecule has 0 amide bonds. The van der Waals surface area contributed by atoms with Gasteiger partial charge in [-0.3, -0.25) is 4.79 Å². The van der Waals surface area contributed by atoms with Crippen LogP contribution in [0.5, 0.6) is 11.5 Å². The molecule has 212 valence electrons. The van der Waals surface area contributed by atoms with Crippen LogP contribution in [0.4, 0.5) is 13.2 Å². The van der Waals surface area contributed by atoms with Gasteiger partial charge in [-0.15, -0.1) is 6.58 Å². The molecule has 41 heavy (non-hydrogen) atoms. The van der Waals surface area contributed by atoms with Gasteiger partial charge >= 0.3 is 12.1 Å². The third-order valence-electron chi connectivity index (χ3n) is 5.98. The number of allylic oxidation sites excluding steroid dienone is 1. The van der Waals surface area contributed by atoms with Crippen molar-refractivity contribution in [3.05, 3.63) is 100 Å². The second-order valence-corrected chi connectivity index (χ2v) is 8.92. The van der Waals surface area contributed by atoms with Crippen LogP contribution in [0.1, 0.15) is 30.5 Å². The Morgan fingerprint density at radius 1 is 1.17 bits per heavy atom. The number of carbonyl (C=O) groups is 1. The summed E-state index contributed by atoms with van der Waals surface area (Å²) < 4.78 is 52.7. The summed E-state index contributed by atoms with van der Waals surface area (Å²) in [6.07, 6.45) is -2.51. The molecule has 1 aromatic heterocycles. The number of nitrogens with zero attached hydrogens (tertiary/aromatic N) is 3. The van der Waals surface area contributed by atoms with Crippen LogP contribution in [-0.2, 0) is 17.4 Å². The summed E-state index contributed by atoms with van der Waals surface area (Å²) in [6.45, 7) is 7.13. The second-order valence-electron chi connectivity index (χ2n) is 8.92. The van der Waals surface area contributed by atoms with Gasteiger partial charge in [-0.1, -0.05) is 30.3 Å². The van der Waals surface area contributed by atoms with Gasteiger partial charge in [0.2, 0.25) is 0 Å². The topological polar surface area (TPSA) is 103 Å². The first-order chi connectivity index (χ1) is 19.5. The van der Waals surface area contributed by atoms with Crippen molar-refractivity contribution in [2.75, 3.05) is 6.61 Å². The van der Waals surface area contributed by atoms with Crippen LogP contribution in [0.3, 0.4) is 0 Å². The van der Waals surface area contributed by atoms with Gasteiger partial charge in [-0.05, 0) is 62.2 Å². The van der Waals surface area contributed by atoms with E-state index in [0.29, 0.717) is 23.1 Å². The Labute approximate surface area is 233 Å². The zero-order chi connectivity index (χ0) is 29.7. The predicted molar refractivity (Wildman–Crippen MR) is 149 cm³/mol. The number of ether oxygens (including phenoxy) is 2. The zero-order valence-electron chi connectivity index (χ0n) is 22.2. The van der Waals surface area contributed by atoms with Gasteiger partial charge in [0, 0.05) is 11.1 Å². The van der Waals surface area contributed by atoms with E-state index in [1.54, 1.807) is 49.4 Å². The SMILES string of the molecule is C=CCc1cc(C=Nn2c(-c3cccc(C(F)(F)F)c3)nc3ccccc3c2=O)cc(OCC)c1O[C@H](C)C(=O)O. The van der Waals surface area contributed by atoms with Crippen LogP contribution in [0.25, 0.3) is 22.3 Å². The molecule has 8 nitrogen and oxygen atoms in total. The fraction of sp³-hybridized carbons (Fsp3) is 0.200. The number of aliphatic carboxylic acids is 1. The number of aromatic nitrogens is 2. The summed E-state index contributed by atoms with van der Waals surface area (Å²) in [7, 11) is 0. The average Bonchev–Trinajstić information content (AvgIpc) is 2.94. The van der Waals surface area contributed by atoms with Crippen LogP contribution in [0.15, 0.2) is 83.2 Å². The molecular weight excluding hydrogens is 539 g/mol. The van der Waals surface area contributed by atoms with E-state index in [0.717, 1.165) is 16.8 Å². The van der Waals surface area contributed by atoms with Crippen LogP contribution >= 0.6 is 0 Å². The molecule has 0 radical (unpaired) electrons. The summed E-state index contributed by atoms with van der Waals surface area (Å²) >= 11 is 0. The Kier molecular flexibility index (Phi) is 8.56. The molecule has 0 saturated carbocycles. The Hall–Kier alpha value is -4.93. The lowest BCUT2D eigenvalue weighted by Crippen LogP contribution is -2.24. The van der Waals surface area contributed by atoms with Gasteiger partial charge < -0.3 is 14.6 Å². The maximum atomic E-state index is 13.5. The number of carboxylic acid groups (broad SMARTS) is 1. The highest BCUT2D eigenvalue weighted by molar-refractivity contribution is 5.83. The van der Waals surface area contributed by atoms with E-state index >= 15 is 0 Å². The van der Waals surface area contributed by atoms with E-state index in [1.807, 2.05) is 0 Å². The van der Waals surface area contributed by atoms with Gasteiger partial charge in [-0.2, -0.15) is 22.9 Å². The molecule has 4 aromatic rings. The first kappa shape index (κ1) is 29.1. The standard InChI is InChI=1S/C30H26F3N3O5/c1-4-9-20-14-19(15-25(40-5-2)26(20)41-18(3)29(38)39)17-34-36-27(21-10-8-11-22(16-21)30(31,32)33)35-24-13-7-6-12-23(24)28(36)37/h4,6-8,10-18H,1,5,9H2,2-3H3,(H,38,39)/t18-/m1/s1. The molecule has 1 heterocycles. The smallest absolute Gasteiger partial charge is 0.416 e. The van der Waals surface area contributed by atoms with Gasteiger partial charge in [0.15, 0.2) is 23.4 Å². The van der Waals surface area contributed by atoms with E-state index in [1.165, 1.54) is 25.3 Å². The van der Waals surface area contributed by atoms with Crippen molar-refractivity contribution in [2.45, 2.75) is 32.5 Å². The third kappa shape index (κ3) is 6.46. The highest BCUT2D eigenvalue weighted by atomic mass is 19.4. The number of benzene rings is 3. The number of fused-ring (bicyclic) bond motifs is 1. The molecule has 1 atom stereocenters. The largest absolute Gasteiger partial charge is 0.490 e. The quantitative estimate of drug-likeness (QED) is 0.189. The molecule has 0 saturated heterocycles. The average molecular weight is 566 g/mol. The number of hydrogen-bond donors (Lipinski definition) is 1. The van der Waals surface area contributed by atoms with E-state index < -0.39 is 29.4 Å². The molecule has 0 aliphatic rings. The van der Waals surface area contributed by atoms with Crippen LogP contribution in [0, 0.1) is 0 Å². The Bertz CT molecular complexity index is 1700. The summed E-state index contributed by atoms with van der Waals surface area (Å²) in [5.41, 5.74) is -0.107. The highest BCUT2D eigenvalue weighted by Gasteiger charge is 2.31. The number of para-hydroxylation sites is 1. The second kappa shape index (κ2) is 12.1. The molecule has 0 fully saturated rings. The van der Waals surface area contributed by atoms with Gasteiger partial charge in [0.25, 0.3) is 5.56 Å². The minimum absolute atomic E-state index is 0.0496. The molecule has 0 spiro atoms. The first-order valence-electron chi connectivity index (χ1n) is 12.6. The molecule has 3 aromatic carbocycles. The maximum absolute atomic E-state index is 13.5. The monoisotopic (exact) mass is 565 g/mol. The predicted octanol–water partition coefficient (Wildman–Crippen LogP) is 5.94. The van der Waals surface area contributed by atoms with E-state index in [-0.39, 0.29) is 34.9 Å². The van der Waals surface area contributed by atoms with Crippen LogP contribution in [0.2, 0.25) is 0 Å². The van der Waals surface area contributed by atoms with E-state index in [4.69, 9.17) is 9.47 Å². The lowest BCUT2D eigenvalue weighted by molar-refractivity contribution is -0.144. The number of carboxylic acids is 1. The third-order valence-corrected chi connectivity index (χ3v) is 5.98. The van der Waals surface area contributed by atoms with Gasteiger partial charge in [-0.25, -0.2) is 9.78 Å². The molecule has 4 rings (SSSR count). The number of hydrogen-bond acceptors (Lipinski definition) is 6. The molecule has 0 aliphatic heterocycles. The van der Waals surface area contributed by atoms with E-state index in [9.17, 15) is 27.9 Å². The van der Waals surface area contributed by atoms with E-state index in [2.05, 4.69) is 16.7 Å². The molecule has 11 heteroatoms. The van der Waals surface area contributed by atoms with Crippen molar-refractivity contribution in [1.82, 2.24) is 9.66 Å². The first-order valence-corrected chi connectivity index (χ1v) is 12.6. The summed E-state index contributed by atoms with van der Waals surface area (Å²) in [5.74, 6) is -0.757. The fourth-order valence-corrected chi connectivity index (χ4v) is 4.07. The lowest BCUT2D eigenvalue weighted by Gasteiger charge is -2.18. The number of rotatable bonds is 10. The van der Waals surface area contributed by atoms with Crippen molar-refractivity contribution in [3.8, 4) is 22.9 Å². The minimum atomic E-state index is -4.60. The Balaban J connectivity index is 1.89. The molecule has 0 unspecified atom stereocenters. The summed E-state index contributed by atoms with van der Waals surface area (Å²) in [4.78, 5) is 29.4. The van der Waals surface area contributed by atoms with Crippen molar-refractivity contribution in [1.29, 1.82) is 0 Å². The van der Waals surface area contributed by atoms with Crippen molar-refractivity contribution < 1.29 is 32.5 Å². The molecular formula is C30H26F3N3O5.